The number of carbonyl (C=O) groups excluding carboxylic acids is 3. The highest BCUT2D eigenvalue weighted by Crippen LogP contribution is 2.57. The van der Waals surface area contributed by atoms with Crippen LogP contribution in [0.2, 0.25) is 0 Å². The number of aliphatic hydroxyl groups excluding tert-OH is 1. The number of ether oxygens (including phenoxy) is 2. The molecule has 1 N–H and O–H groups in total. The average molecular weight is 501 g/mol. The smallest absolute Gasteiger partial charge is 0.313 e. The monoisotopic (exact) mass is 500 g/mol. The van der Waals surface area contributed by atoms with Gasteiger partial charge in [0.25, 0.3) is 0 Å². The summed E-state index contributed by atoms with van der Waals surface area (Å²) in [4.78, 5) is 45.4. The van der Waals surface area contributed by atoms with Crippen LogP contribution in [0.3, 0.4) is 0 Å². The van der Waals surface area contributed by atoms with Crippen LogP contribution in [0.15, 0.2) is 24.3 Å². The van der Waals surface area contributed by atoms with Crippen molar-refractivity contribution in [1.82, 2.24) is 9.80 Å². The third kappa shape index (κ3) is 4.20. The van der Waals surface area contributed by atoms with Crippen molar-refractivity contribution in [3.63, 3.8) is 0 Å². The molecule has 5 rings (SSSR count). The van der Waals surface area contributed by atoms with Gasteiger partial charge in [-0.3, -0.25) is 14.4 Å². The topological polar surface area (TPSA) is 96.4 Å². The Bertz CT molecular complexity index is 927. The summed E-state index contributed by atoms with van der Waals surface area (Å²) < 4.78 is 12.3. The summed E-state index contributed by atoms with van der Waals surface area (Å²) in [5.74, 6) is -2.28. The van der Waals surface area contributed by atoms with E-state index in [9.17, 15) is 14.4 Å². The Morgan fingerprint density at radius 1 is 0.972 bits per heavy atom. The van der Waals surface area contributed by atoms with E-state index in [-0.39, 0.29) is 31.1 Å². The predicted molar refractivity (Wildman–Crippen MR) is 133 cm³/mol. The van der Waals surface area contributed by atoms with Crippen molar-refractivity contribution in [3.8, 4) is 0 Å². The number of fused-ring (bicyclic) bond motifs is 2. The van der Waals surface area contributed by atoms with Gasteiger partial charge in [-0.05, 0) is 39.0 Å². The summed E-state index contributed by atoms with van der Waals surface area (Å²) in [6.07, 6.45) is 16.9. The zero-order valence-electron chi connectivity index (χ0n) is 21.4. The molecule has 0 aromatic carbocycles. The third-order valence-electron chi connectivity index (χ3n) is 8.87. The number of carbonyl (C=O) groups is 3. The van der Waals surface area contributed by atoms with E-state index in [0.29, 0.717) is 19.5 Å². The van der Waals surface area contributed by atoms with Crippen LogP contribution in [0.1, 0.15) is 71.1 Å². The number of hydrogen-bond donors (Lipinski definition) is 1. The van der Waals surface area contributed by atoms with Crippen molar-refractivity contribution in [2.75, 3.05) is 26.3 Å². The van der Waals surface area contributed by atoms with Gasteiger partial charge in [0.05, 0.1) is 18.1 Å². The van der Waals surface area contributed by atoms with E-state index < -0.39 is 35.0 Å². The summed E-state index contributed by atoms with van der Waals surface area (Å²) in [6, 6.07) is -0.623. The maximum absolute atomic E-state index is 14.3. The zero-order valence-corrected chi connectivity index (χ0v) is 21.4. The number of hydrogen-bond acceptors (Lipinski definition) is 6. The Morgan fingerprint density at radius 3 is 2.53 bits per heavy atom. The normalized spacial score (nSPS) is 36.7. The van der Waals surface area contributed by atoms with Crippen molar-refractivity contribution in [2.24, 2.45) is 11.8 Å². The van der Waals surface area contributed by atoms with Crippen LogP contribution < -0.4 is 0 Å². The highest BCUT2D eigenvalue weighted by molar-refractivity contribution is 5.99. The Morgan fingerprint density at radius 2 is 1.75 bits per heavy atom. The standard InChI is InChI=1S/C28H40N2O6/c1-27-14-7-10-19-35-26(34)22(27)21-24(32)30(16-8-2-3-9-18-31)23-25(33)29(20-12-5-4-6-13-20)17-11-15-28(21,23)36-27/h7,11,14-15,20-23,31H,2-6,8-10,12-13,16-19H2,1H3/t21-,22+,23?,27-,28-/m0/s1. The fraction of sp³-hybridized carbons (Fsp3) is 0.750. The molecule has 198 valence electrons. The van der Waals surface area contributed by atoms with Gasteiger partial charge >= 0.3 is 5.97 Å². The summed E-state index contributed by atoms with van der Waals surface area (Å²) in [7, 11) is 0. The molecule has 0 aromatic rings. The van der Waals surface area contributed by atoms with Crippen LogP contribution in [0.25, 0.3) is 0 Å². The fourth-order valence-electron chi connectivity index (χ4n) is 7.21. The predicted octanol–water partition coefficient (Wildman–Crippen LogP) is 2.74. The molecule has 2 amide bonds. The fourth-order valence-corrected chi connectivity index (χ4v) is 7.21. The van der Waals surface area contributed by atoms with E-state index in [0.717, 1.165) is 51.4 Å². The summed E-state index contributed by atoms with van der Waals surface area (Å²) in [5, 5.41) is 9.11. The van der Waals surface area contributed by atoms with E-state index >= 15 is 0 Å². The van der Waals surface area contributed by atoms with E-state index in [1.807, 2.05) is 36.1 Å². The van der Waals surface area contributed by atoms with E-state index in [1.54, 1.807) is 4.90 Å². The summed E-state index contributed by atoms with van der Waals surface area (Å²) >= 11 is 0. The lowest BCUT2D eigenvalue weighted by Crippen LogP contribution is -2.57. The van der Waals surface area contributed by atoms with Gasteiger partial charge in [-0.2, -0.15) is 0 Å². The van der Waals surface area contributed by atoms with Crippen LogP contribution in [0, 0.1) is 11.8 Å². The molecule has 1 spiro atoms. The largest absolute Gasteiger partial charge is 0.465 e. The van der Waals surface area contributed by atoms with E-state index in [2.05, 4.69) is 0 Å². The number of esters is 1. The summed E-state index contributed by atoms with van der Waals surface area (Å²) in [5.41, 5.74) is -2.22. The van der Waals surface area contributed by atoms with Crippen LogP contribution in [0.5, 0.6) is 0 Å². The number of likely N-dealkylation sites (tertiary alicyclic amines) is 1. The maximum atomic E-state index is 14.3. The highest BCUT2D eigenvalue weighted by Gasteiger charge is 2.74. The van der Waals surface area contributed by atoms with Gasteiger partial charge < -0.3 is 24.4 Å². The lowest BCUT2D eigenvalue weighted by Gasteiger charge is -2.40. The molecule has 5 atom stereocenters. The third-order valence-corrected chi connectivity index (χ3v) is 8.87. The second-order valence-corrected chi connectivity index (χ2v) is 11.2. The number of rotatable bonds is 7. The summed E-state index contributed by atoms with van der Waals surface area (Å²) in [6.45, 7) is 3.21. The molecule has 1 saturated carbocycles. The maximum Gasteiger partial charge on any atom is 0.313 e. The number of amides is 2. The van der Waals surface area contributed by atoms with Gasteiger partial charge in [-0.1, -0.05) is 56.4 Å². The first-order chi connectivity index (χ1) is 17.4. The first-order valence-electron chi connectivity index (χ1n) is 13.9. The van der Waals surface area contributed by atoms with Crippen molar-refractivity contribution >= 4 is 17.8 Å². The van der Waals surface area contributed by atoms with Crippen LogP contribution in [0.4, 0.5) is 0 Å². The zero-order chi connectivity index (χ0) is 25.3. The Labute approximate surface area is 213 Å². The number of cyclic esters (lactones) is 1. The Balaban J connectivity index is 1.52. The average Bonchev–Trinajstić information content (AvgIpc) is 3.18. The SMILES string of the molecule is C[C@]12C=CCCOC(=O)[C@H]1[C@H]1C(=O)N(CCCCCCO)C3C(=O)N(C4CCCCC4)CC=C[C@@]31O2. The van der Waals surface area contributed by atoms with Crippen LogP contribution >= 0.6 is 0 Å². The second-order valence-electron chi connectivity index (χ2n) is 11.2. The molecule has 0 aromatic heterocycles. The molecule has 0 bridgehead atoms. The molecule has 4 aliphatic heterocycles. The van der Waals surface area contributed by atoms with Crippen LogP contribution in [-0.2, 0) is 23.9 Å². The van der Waals surface area contributed by atoms with Gasteiger partial charge in [0.15, 0.2) is 0 Å². The molecule has 5 aliphatic rings. The minimum Gasteiger partial charge on any atom is -0.465 e. The molecule has 36 heavy (non-hydrogen) atoms. The van der Waals surface area contributed by atoms with Crippen molar-refractivity contribution in [3.05, 3.63) is 24.3 Å². The van der Waals surface area contributed by atoms with Crippen molar-refractivity contribution in [1.29, 1.82) is 0 Å². The molecule has 2 saturated heterocycles. The van der Waals surface area contributed by atoms with E-state index in [1.165, 1.54) is 6.42 Å². The second kappa shape index (κ2) is 10.3. The Kier molecular flexibility index (Phi) is 7.27. The first kappa shape index (κ1) is 25.5. The van der Waals surface area contributed by atoms with Crippen LogP contribution in [-0.4, -0.2) is 82.3 Å². The van der Waals surface area contributed by atoms with Gasteiger partial charge in [0.1, 0.15) is 17.6 Å². The number of nitrogens with zero attached hydrogens (tertiary/aromatic N) is 2. The number of unbranched alkanes of at least 4 members (excludes halogenated alkanes) is 3. The first-order valence-corrected chi connectivity index (χ1v) is 13.9. The molecule has 1 aliphatic carbocycles. The molecule has 4 heterocycles. The molecule has 0 radical (unpaired) electrons. The molecular weight excluding hydrogens is 460 g/mol. The highest BCUT2D eigenvalue weighted by atomic mass is 16.6. The molecular formula is C28H40N2O6. The van der Waals surface area contributed by atoms with E-state index in [4.69, 9.17) is 14.6 Å². The lowest BCUT2D eigenvalue weighted by molar-refractivity contribution is -0.160. The van der Waals surface area contributed by atoms with Crippen molar-refractivity contribution in [2.45, 2.75) is 94.4 Å². The molecule has 8 nitrogen and oxygen atoms in total. The lowest BCUT2D eigenvalue weighted by atomic mass is 9.74. The Hall–Kier alpha value is -2.19. The van der Waals surface area contributed by atoms with Gasteiger partial charge in [-0.15, -0.1) is 0 Å². The minimum absolute atomic E-state index is 0.0617. The van der Waals surface area contributed by atoms with Crippen molar-refractivity contribution < 1.29 is 29.0 Å². The molecule has 3 fully saturated rings. The van der Waals surface area contributed by atoms with Gasteiger partial charge in [-0.25, -0.2) is 0 Å². The molecule has 1 unspecified atom stereocenters. The minimum atomic E-state index is -1.20. The quantitative estimate of drug-likeness (QED) is 0.328. The van der Waals surface area contributed by atoms with Gasteiger partial charge in [0, 0.05) is 25.7 Å². The van der Waals surface area contributed by atoms with Gasteiger partial charge in [0.2, 0.25) is 11.8 Å². The molecule has 8 heteroatoms. The number of aliphatic hydroxyl groups is 1.